The van der Waals surface area contributed by atoms with Crippen LogP contribution in [0.4, 0.5) is 52.2 Å². The average Bonchev–Trinajstić information content (AvgIpc) is 3.36. The van der Waals surface area contributed by atoms with Crippen LogP contribution in [0.25, 0.3) is 0 Å². The maximum atomic E-state index is 13.7. The van der Waals surface area contributed by atoms with Gasteiger partial charge in [0.15, 0.2) is 0 Å². The van der Waals surface area contributed by atoms with Gasteiger partial charge in [0.1, 0.15) is 23.9 Å². The zero-order valence-electron chi connectivity index (χ0n) is 21.3. The second-order valence-corrected chi connectivity index (χ2v) is 8.95. The lowest BCUT2D eigenvalue weighted by Gasteiger charge is -2.18. The van der Waals surface area contributed by atoms with Crippen molar-refractivity contribution in [3.8, 4) is 0 Å². The molecule has 2 aromatic heterocycles. The molecule has 4 rings (SSSR count). The zero-order valence-corrected chi connectivity index (χ0v) is 21.3. The molecule has 5 N–H and O–H groups in total. The summed E-state index contributed by atoms with van der Waals surface area (Å²) < 4.78 is 53.8. The van der Waals surface area contributed by atoms with Crippen molar-refractivity contribution in [3.05, 3.63) is 66.5 Å². The van der Waals surface area contributed by atoms with Gasteiger partial charge in [0.2, 0.25) is 11.9 Å². The standard InChI is InChI=1S/C26H28F4N8O2/c1-2-23(40)33-16-4-3-5-17(12-16)34-24-19(26(28,29)30)13-31-25(37-24)36-20-6-7-22(35-21(20)15-39)32-18-8-10-38(14-18)11-9-27/h2-7,12-13,18,39H,1,8-11,14-15H2,(H,32,35)(H,33,40)(H2,31,34,36,37). The van der Waals surface area contributed by atoms with Crippen molar-refractivity contribution in [1.29, 1.82) is 0 Å². The molecule has 1 amide bonds. The number of nitrogens with zero attached hydrogens (tertiary/aromatic N) is 4. The van der Waals surface area contributed by atoms with Gasteiger partial charge in [-0.15, -0.1) is 0 Å². The number of benzene rings is 1. The fourth-order valence-electron chi connectivity index (χ4n) is 4.17. The number of nitrogens with one attached hydrogen (secondary N) is 4. The first kappa shape index (κ1) is 28.7. The molecule has 0 saturated carbocycles. The van der Waals surface area contributed by atoms with Crippen molar-refractivity contribution in [2.45, 2.75) is 25.2 Å². The van der Waals surface area contributed by atoms with Crippen LogP contribution in [0, 0.1) is 0 Å². The molecule has 0 radical (unpaired) electrons. The van der Waals surface area contributed by atoms with Crippen molar-refractivity contribution in [2.24, 2.45) is 0 Å². The number of hydrogen-bond donors (Lipinski definition) is 5. The van der Waals surface area contributed by atoms with E-state index in [1.165, 1.54) is 12.1 Å². The number of aromatic nitrogens is 3. The van der Waals surface area contributed by atoms with Gasteiger partial charge in [0, 0.05) is 43.2 Å². The molecule has 0 aliphatic carbocycles. The minimum atomic E-state index is -4.75. The highest BCUT2D eigenvalue weighted by atomic mass is 19.4. The monoisotopic (exact) mass is 560 g/mol. The van der Waals surface area contributed by atoms with Crippen LogP contribution >= 0.6 is 0 Å². The Labute approximate surface area is 227 Å². The van der Waals surface area contributed by atoms with Crippen molar-refractivity contribution in [1.82, 2.24) is 19.9 Å². The fraction of sp³-hybridized carbons (Fsp3) is 0.308. The van der Waals surface area contributed by atoms with Crippen molar-refractivity contribution < 1.29 is 27.5 Å². The minimum absolute atomic E-state index is 0.0693. The van der Waals surface area contributed by atoms with Crippen molar-refractivity contribution >= 4 is 40.6 Å². The second-order valence-electron chi connectivity index (χ2n) is 8.95. The Morgan fingerprint density at radius 2 is 1.98 bits per heavy atom. The van der Waals surface area contributed by atoms with E-state index in [-0.39, 0.29) is 23.4 Å². The van der Waals surface area contributed by atoms with Gasteiger partial charge in [-0.25, -0.2) is 14.4 Å². The molecule has 1 fully saturated rings. The molecule has 1 aliphatic rings. The molecule has 0 bridgehead atoms. The molecule has 1 atom stereocenters. The number of amides is 1. The molecule has 3 aromatic rings. The third-order valence-corrected chi connectivity index (χ3v) is 6.07. The third kappa shape index (κ3) is 7.42. The lowest BCUT2D eigenvalue weighted by Crippen LogP contribution is -2.28. The lowest BCUT2D eigenvalue weighted by molar-refractivity contribution is -0.137. The number of aliphatic hydroxyl groups excluding tert-OH is 1. The Morgan fingerprint density at radius 1 is 1.18 bits per heavy atom. The van der Waals surface area contributed by atoms with Crippen LogP contribution in [-0.2, 0) is 17.6 Å². The summed E-state index contributed by atoms with van der Waals surface area (Å²) in [7, 11) is 0. The van der Waals surface area contributed by atoms with Crippen LogP contribution in [0.1, 0.15) is 17.7 Å². The summed E-state index contributed by atoms with van der Waals surface area (Å²) in [4.78, 5) is 25.8. The van der Waals surface area contributed by atoms with E-state index in [4.69, 9.17) is 0 Å². The van der Waals surface area contributed by atoms with Gasteiger partial charge in [-0.3, -0.25) is 9.69 Å². The van der Waals surface area contributed by atoms with Crippen LogP contribution < -0.4 is 21.3 Å². The van der Waals surface area contributed by atoms with E-state index in [1.54, 1.807) is 24.3 Å². The zero-order chi connectivity index (χ0) is 28.7. The second kappa shape index (κ2) is 12.7. The summed E-state index contributed by atoms with van der Waals surface area (Å²) in [6.07, 6.45) is -2.22. The third-order valence-electron chi connectivity index (χ3n) is 6.07. The van der Waals surface area contributed by atoms with E-state index >= 15 is 0 Å². The van der Waals surface area contributed by atoms with Crippen molar-refractivity contribution in [2.75, 3.05) is 47.6 Å². The smallest absolute Gasteiger partial charge is 0.390 e. The number of likely N-dealkylation sites (tertiary alicyclic amines) is 1. The number of alkyl halides is 4. The predicted octanol–water partition coefficient (Wildman–Crippen LogP) is 4.45. The summed E-state index contributed by atoms with van der Waals surface area (Å²) >= 11 is 0. The number of pyridine rings is 1. The summed E-state index contributed by atoms with van der Waals surface area (Å²) in [6, 6.07) is 9.41. The van der Waals surface area contributed by atoms with Crippen molar-refractivity contribution in [3.63, 3.8) is 0 Å². The quantitative estimate of drug-likeness (QED) is 0.171. The summed E-state index contributed by atoms with van der Waals surface area (Å²) in [5.41, 5.74) is 0.0146. The molecule has 1 unspecified atom stereocenters. The molecular formula is C26H28F4N8O2. The van der Waals surface area contributed by atoms with Gasteiger partial charge in [0.25, 0.3) is 0 Å². The van der Waals surface area contributed by atoms with Crippen LogP contribution in [-0.4, -0.2) is 63.2 Å². The first-order valence-electron chi connectivity index (χ1n) is 12.4. The maximum absolute atomic E-state index is 13.7. The van der Waals surface area contributed by atoms with E-state index in [0.717, 1.165) is 19.0 Å². The minimum Gasteiger partial charge on any atom is -0.390 e. The topological polar surface area (TPSA) is 127 Å². The average molecular weight is 561 g/mol. The molecule has 40 heavy (non-hydrogen) atoms. The predicted molar refractivity (Wildman–Crippen MR) is 143 cm³/mol. The number of carbonyl (C=O) groups is 1. The molecule has 3 heterocycles. The van der Waals surface area contributed by atoms with Gasteiger partial charge in [-0.05, 0) is 42.8 Å². The normalized spacial score (nSPS) is 15.5. The molecule has 14 heteroatoms. The summed E-state index contributed by atoms with van der Waals surface area (Å²) in [6.45, 7) is 4.30. The lowest BCUT2D eigenvalue weighted by atomic mass is 10.2. The Balaban J connectivity index is 1.54. The summed E-state index contributed by atoms with van der Waals surface area (Å²) in [5.74, 6) is -0.659. The number of carbonyl (C=O) groups excluding carboxylic acids is 1. The largest absolute Gasteiger partial charge is 0.421 e. The Hall–Kier alpha value is -4.30. The molecule has 10 nitrogen and oxygen atoms in total. The fourth-order valence-corrected chi connectivity index (χ4v) is 4.17. The molecule has 1 saturated heterocycles. The van der Waals surface area contributed by atoms with Gasteiger partial charge >= 0.3 is 6.18 Å². The van der Waals surface area contributed by atoms with E-state index in [0.29, 0.717) is 36.5 Å². The van der Waals surface area contributed by atoms with Gasteiger partial charge < -0.3 is 26.4 Å². The highest BCUT2D eigenvalue weighted by Gasteiger charge is 2.35. The Bertz CT molecular complexity index is 1350. The van der Waals surface area contributed by atoms with E-state index in [1.807, 2.05) is 4.90 Å². The van der Waals surface area contributed by atoms with Gasteiger partial charge in [0.05, 0.1) is 18.0 Å². The Kier molecular flexibility index (Phi) is 9.11. The summed E-state index contributed by atoms with van der Waals surface area (Å²) in [5, 5.41) is 21.1. The molecule has 212 valence electrons. The highest BCUT2D eigenvalue weighted by molar-refractivity contribution is 5.99. The number of aliphatic hydroxyl groups is 1. The van der Waals surface area contributed by atoms with Gasteiger partial charge in [-0.1, -0.05) is 12.6 Å². The molecule has 1 aliphatic heterocycles. The van der Waals surface area contributed by atoms with Crippen LogP contribution in [0.2, 0.25) is 0 Å². The van der Waals surface area contributed by atoms with Gasteiger partial charge in [-0.2, -0.15) is 18.2 Å². The SMILES string of the molecule is C=CC(=O)Nc1cccc(Nc2nc(Nc3ccc(NC4CCN(CCF)C4)nc3CO)ncc2C(F)(F)F)c1. The van der Waals surface area contributed by atoms with E-state index < -0.39 is 36.7 Å². The number of halogens is 4. The Morgan fingerprint density at radius 3 is 2.70 bits per heavy atom. The molecule has 0 spiro atoms. The maximum Gasteiger partial charge on any atom is 0.421 e. The van der Waals surface area contributed by atoms with Crippen LogP contribution in [0.15, 0.2) is 55.3 Å². The van der Waals surface area contributed by atoms with Crippen LogP contribution in [0.3, 0.4) is 0 Å². The van der Waals surface area contributed by atoms with E-state index in [9.17, 15) is 27.5 Å². The highest BCUT2D eigenvalue weighted by Crippen LogP contribution is 2.36. The number of hydrogen-bond acceptors (Lipinski definition) is 9. The number of anilines is 6. The first-order valence-corrected chi connectivity index (χ1v) is 12.4. The first-order chi connectivity index (χ1) is 19.2. The van der Waals surface area contributed by atoms with E-state index in [2.05, 4.69) is 42.8 Å². The van der Waals surface area contributed by atoms with Crippen LogP contribution in [0.5, 0.6) is 0 Å². The number of rotatable bonds is 11. The molecule has 1 aromatic carbocycles. The molecular weight excluding hydrogens is 532 g/mol.